The fraction of sp³-hybridized carbons (Fsp3) is 0.294. The van der Waals surface area contributed by atoms with Crippen molar-refractivity contribution in [3.8, 4) is 5.75 Å². The van der Waals surface area contributed by atoms with E-state index in [9.17, 15) is 4.79 Å². The van der Waals surface area contributed by atoms with Gasteiger partial charge in [-0.05, 0) is 34.5 Å². The van der Waals surface area contributed by atoms with Crippen molar-refractivity contribution >= 4 is 17.2 Å². The summed E-state index contributed by atoms with van der Waals surface area (Å²) >= 11 is 1.61. The lowest BCUT2D eigenvalue weighted by atomic mass is 10.2. The summed E-state index contributed by atoms with van der Waals surface area (Å²) in [6.07, 6.45) is 3.79. The Kier molecular flexibility index (Phi) is 4.43. The van der Waals surface area contributed by atoms with E-state index in [0.29, 0.717) is 38.4 Å². The molecule has 7 nitrogen and oxygen atoms in total. The Balaban J connectivity index is 1.43. The second kappa shape index (κ2) is 7.02. The van der Waals surface area contributed by atoms with Crippen LogP contribution in [0, 0.1) is 0 Å². The zero-order chi connectivity index (χ0) is 17.1. The average molecular weight is 355 g/mol. The summed E-state index contributed by atoms with van der Waals surface area (Å²) in [5.74, 6) is 0.815. The summed E-state index contributed by atoms with van der Waals surface area (Å²) in [7, 11) is 0. The first-order valence-electron chi connectivity index (χ1n) is 8.02. The fourth-order valence-electron chi connectivity index (χ4n) is 2.79. The van der Waals surface area contributed by atoms with Gasteiger partial charge < -0.3 is 9.64 Å². The number of carbonyl (C=O) groups is 1. The number of hydrogen-bond donors (Lipinski definition) is 0. The van der Waals surface area contributed by atoms with Gasteiger partial charge in [-0.2, -0.15) is 11.3 Å². The molecule has 1 aliphatic rings. The lowest BCUT2D eigenvalue weighted by Gasteiger charge is -2.27. The third-order valence-electron chi connectivity index (χ3n) is 4.14. The van der Waals surface area contributed by atoms with E-state index in [-0.39, 0.29) is 5.91 Å². The number of ether oxygens (including phenoxy) is 1. The van der Waals surface area contributed by atoms with Gasteiger partial charge in [-0.25, -0.2) is 4.68 Å². The molecule has 0 spiro atoms. The largest absolute Gasteiger partial charge is 0.486 e. The SMILES string of the molecule is O=C(Cc1ccsc1)N1CCn2nnc(COc3cccnc3)c2C1. The van der Waals surface area contributed by atoms with Crippen LogP contribution in [0.3, 0.4) is 0 Å². The highest BCUT2D eigenvalue weighted by Crippen LogP contribution is 2.18. The van der Waals surface area contributed by atoms with Crippen molar-refractivity contribution in [3.05, 3.63) is 58.3 Å². The number of nitrogens with zero attached hydrogens (tertiary/aromatic N) is 5. The smallest absolute Gasteiger partial charge is 0.227 e. The van der Waals surface area contributed by atoms with Crippen LogP contribution >= 0.6 is 11.3 Å². The van der Waals surface area contributed by atoms with Crippen LogP contribution in [-0.2, 0) is 30.9 Å². The zero-order valence-electron chi connectivity index (χ0n) is 13.5. The van der Waals surface area contributed by atoms with Crippen molar-refractivity contribution < 1.29 is 9.53 Å². The minimum atomic E-state index is 0.130. The van der Waals surface area contributed by atoms with Crippen molar-refractivity contribution in [2.24, 2.45) is 0 Å². The van der Waals surface area contributed by atoms with Crippen molar-refractivity contribution in [1.29, 1.82) is 0 Å². The molecule has 25 heavy (non-hydrogen) atoms. The molecule has 0 bridgehead atoms. The van der Waals surface area contributed by atoms with E-state index in [1.807, 2.05) is 38.5 Å². The van der Waals surface area contributed by atoms with Crippen LogP contribution in [0.1, 0.15) is 17.0 Å². The summed E-state index contributed by atoms with van der Waals surface area (Å²) in [6, 6.07) is 5.66. The van der Waals surface area contributed by atoms with E-state index in [2.05, 4.69) is 15.3 Å². The molecule has 0 aromatic carbocycles. The number of hydrogen-bond acceptors (Lipinski definition) is 6. The first-order valence-corrected chi connectivity index (χ1v) is 8.97. The third kappa shape index (κ3) is 3.53. The van der Waals surface area contributed by atoms with Crippen molar-refractivity contribution in [1.82, 2.24) is 24.9 Å². The van der Waals surface area contributed by atoms with Gasteiger partial charge in [0.15, 0.2) is 0 Å². The molecule has 8 heteroatoms. The maximum atomic E-state index is 12.5. The number of aromatic nitrogens is 4. The van der Waals surface area contributed by atoms with E-state index in [4.69, 9.17) is 4.74 Å². The zero-order valence-corrected chi connectivity index (χ0v) is 14.4. The molecule has 0 fully saturated rings. The number of rotatable bonds is 5. The Bertz CT molecular complexity index is 847. The highest BCUT2D eigenvalue weighted by molar-refractivity contribution is 7.08. The van der Waals surface area contributed by atoms with Crippen LogP contribution in [0.15, 0.2) is 41.4 Å². The topological polar surface area (TPSA) is 73.1 Å². The molecule has 0 radical (unpaired) electrons. The Hall–Kier alpha value is -2.74. The summed E-state index contributed by atoms with van der Waals surface area (Å²) in [6.45, 7) is 2.14. The standard InChI is InChI=1S/C17H17N5O2S/c23-17(8-13-3-7-25-12-13)21-5-6-22-16(10-21)15(19-20-22)11-24-14-2-1-4-18-9-14/h1-4,7,9,12H,5-6,8,10-11H2. The molecule has 0 aliphatic carbocycles. The van der Waals surface area contributed by atoms with E-state index in [1.54, 1.807) is 23.7 Å². The predicted octanol–water partition coefficient (Wildman–Crippen LogP) is 1.90. The molecule has 0 N–H and O–H groups in total. The van der Waals surface area contributed by atoms with Gasteiger partial charge in [0.25, 0.3) is 0 Å². The molecule has 0 unspecified atom stereocenters. The highest BCUT2D eigenvalue weighted by atomic mass is 32.1. The number of pyridine rings is 1. The second-order valence-electron chi connectivity index (χ2n) is 5.81. The Morgan fingerprint density at radius 3 is 3.08 bits per heavy atom. The van der Waals surface area contributed by atoms with Crippen LogP contribution in [0.5, 0.6) is 5.75 Å². The molecule has 3 aromatic rings. The Morgan fingerprint density at radius 2 is 2.28 bits per heavy atom. The van der Waals surface area contributed by atoms with Crippen LogP contribution in [0.4, 0.5) is 0 Å². The van der Waals surface area contributed by atoms with Crippen LogP contribution in [-0.4, -0.2) is 37.3 Å². The van der Waals surface area contributed by atoms with Gasteiger partial charge >= 0.3 is 0 Å². The molecular formula is C17H17N5O2S. The van der Waals surface area contributed by atoms with Gasteiger partial charge in [-0.15, -0.1) is 5.10 Å². The van der Waals surface area contributed by atoms with Crippen LogP contribution in [0.25, 0.3) is 0 Å². The fourth-order valence-corrected chi connectivity index (χ4v) is 3.45. The van der Waals surface area contributed by atoms with E-state index < -0.39 is 0 Å². The summed E-state index contributed by atoms with van der Waals surface area (Å²) < 4.78 is 7.57. The van der Waals surface area contributed by atoms with Crippen LogP contribution < -0.4 is 4.74 Å². The number of amides is 1. The van der Waals surface area contributed by atoms with Crippen molar-refractivity contribution in [2.75, 3.05) is 6.54 Å². The molecule has 4 rings (SSSR count). The van der Waals surface area contributed by atoms with Gasteiger partial charge in [-0.1, -0.05) is 5.21 Å². The minimum Gasteiger partial charge on any atom is -0.486 e. The second-order valence-corrected chi connectivity index (χ2v) is 6.59. The molecule has 128 valence electrons. The molecule has 1 amide bonds. The molecule has 0 atom stereocenters. The first-order chi connectivity index (χ1) is 12.3. The van der Waals surface area contributed by atoms with Crippen molar-refractivity contribution in [3.63, 3.8) is 0 Å². The van der Waals surface area contributed by atoms with E-state index in [1.165, 1.54) is 0 Å². The maximum absolute atomic E-state index is 12.5. The number of thiophene rings is 1. The summed E-state index contributed by atoms with van der Waals surface area (Å²) in [5.41, 5.74) is 2.76. The highest BCUT2D eigenvalue weighted by Gasteiger charge is 2.25. The van der Waals surface area contributed by atoms with Crippen LogP contribution in [0.2, 0.25) is 0 Å². The Labute approximate surface area is 148 Å². The molecule has 4 heterocycles. The normalized spacial score (nSPS) is 13.5. The van der Waals surface area contributed by atoms with Gasteiger partial charge in [0.2, 0.25) is 5.91 Å². The van der Waals surface area contributed by atoms with Gasteiger partial charge in [0, 0.05) is 12.7 Å². The Morgan fingerprint density at radius 1 is 1.32 bits per heavy atom. The van der Waals surface area contributed by atoms with Gasteiger partial charge in [-0.3, -0.25) is 9.78 Å². The molecule has 0 saturated heterocycles. The lowest BCUT2D eigenvalue weighted by Crippen LogP contribution is -2.39. The number of carbonyl (C=O) groups excluding carboxylic acids is 1. The van der Waals surface area contributed by atoms with Gasteiger partial charge in [0.05, 0.1) is 31.4 Å². The minimum absolute atomic E-state index is 0.130. The molecule has 3 aromatic heterocycles. The van der Waals surface area contributed by atoms with Gasteiger partial charge in [0.1, 0.15) is 18.1 Å². The summed E-state index contributed by atoms with van der Waals surface area (Å²) in [5, 5.41) is 12.4. The molecular weight excluding hydrogens is 338 g/mol. The van der Waals surface area contributed by atoms with E-state index >= 15 is 0 Å². The first kappa shape index (κ1) is 15.8. The quantitative estimate of drug-likeness (QED) is 0.699. The molecule has 0 saturated carbocycles. The summed E-state index contributed by atoms with van der Waals surface area (Å²) in [4.78, 5) is 18.4. The average Bonchev–Trinajstić information content (AvgIpc) is 3.30. The predicted molar refractivity (Wildman–Crippen MR) is 92.0 cm³/mol. The number of fused-ring (bicyclic) bond motifs is 1. The molecule has 1 aliphatic heterocycles. The van der Waals surface area contributed by atoms with Crippen molar-refractivity contribution in [2.45, 2.75) is 26.1 Å². The maximum Gasteiger partial charge on any atom is 0.227 e. The third-order valence-corrected chi connectivity index (χ3v) is 4.87. The van der Waals surface area contributed by atoms with E-state index in [0.717, 1.165) is 17.0 Å². The lowest BCUT2D eigenvalue weighted by molar-refractivity contribution is -0.132. The monoisotopic (exact) mass is 355 g/mol.